The van der Waals surface area contributed by atoms with E-state index in [0.717, 1.165) is 13.0 Å². The Morgan fingerprint density at radius 2 is 2.50 bits per heavy atom. The second-order valence-electron chi connectivity index (χ2n) is 1.74. The maximum Gasteiger partial charge on any atom is 0.236 e. The zero-order chi connectivity index (χ0) is 5.98. The Hall–Kier alpha value is 0.0700. The molecule has 0 bridgehead atoms. The molecule has 0 saturated carbocycles. The molecule has 0 aromatic rings. The van der Waals surface area contributed by atoms with E-state index in [-0.39, 0.29) is 0 Å². The number of hydrogen-bond acceptors (Lipinski definition) is 2. The molecule has 1 unspecified atom stereocenters. The molecule has 0 aromatic carbocycles. The Kier molecular flexibility index (Phi) is 1.99. The van der Waals surface area contributed by atoms with Crippen LogP contribution in [0, 0.1) is 0 Å². The van der Waals surface area contributed by atoms with Crippen molar-refractivity contribution in [2.24, 2.45) is 0 Å². The minimum Gasteiger partial charge on any atom is -0.278 e. The minimum atomic E-state index is -1.15. The van der Waals surface area contributed by atoms with Crippen LogP contribution in [0.4, 0.5) is 0 Å². The summed E-state index contributed by atoms with van der Waals surface area (Å²) in [7, 11) is 1.79. The quantitative estimate of drug-likeness (QED) is 0.465. The summed E-state index contributed by atoms with van der Waals surface area (Å²) in [5, 5.41) is 0. The van der Waals surface area contributed by atoms with E-state index >= 15 is 0 Å². The fourth-order valence-electron chi connectivity index (χ4n) is 0.582. The molecule has 0 N–H and O–H groups in total. The van der Waals surface area contributed by atoms with Gasteiger partial charge in [0, 0.05) is 13.6 Å². The van der Waals surface area contributed by atoms with Crippen molar-refractivity contribution in [3.63, 3.8) is 0 Å². The van der Waals surface area contributed by atoms with Crippen LogP contribution in [0.5, 0.6) is 0 Å². The Bertz CT molecular complexity index is 106. The third-order valence-corrected chi connectivity index (χ3v) is 2.12. The molecule has 4 heteroatoms. The van der Waals surface area contributed by atoms with E-state index in [1.807, 2.05) is 0 Å². The van der Waals surface area contributed by atoms with Gasteiger partial charge in [0.05, 0.1) is 6.61 Å². The molecule has 1 rings (SSSR count). The second-order valence-corrected chi connectivity index (χ2v) is 3.04. The van der Waals surface area contributed by atoms with E-state index in [9.17, 15) is 4.21 Å². The Morgan fingerprint density at radius 1 is 1.75 bits per heavy atom. The fraction of sp³-hybridized carbons (Fsp3) is 1.00. The molecule has 0 amide bonds. The van der Waals surface area contributed by atoms with Gasteiger partial charge in [0.2, 0.25) is 11.3 Å². The van der Waals surface area contributed by atoms with Crippen molar-refractivity contribution < 1.29 is 8.39 Å². The molecule has 0 spiro atoms. The first kappa shape index (κ1) is 6.19. The lowest BCUT2D eigenvalue weighted by Crippen LogP contribution is -2.29. The summed E-state index contributed by atoms with van der Waals surface area (Å²) >= 11 is -1.15. The standard InChI is InChI=1S/C4H9NO2S/c1-5-3-2-4-7-8(5)6/h2-4H2,1H3. The molecule has 1 saturated heterocycles. The number of rotatable bonds is 0. The molecular weight excluding hydrogens is 126 g/mol. The van der Waals surface area contributed by atoms with Gasteiger partial charge in [-0.15, -0.1) is 0 Å². The fourth-order valence-corrected chi connectivity index (χ4v) is 1.30. The highest BCUT2D eigenvalue weighted by molar-refractivity contribution is 7.77. The molecule has 0 radical (unpaired) electrons. The Balaban J connectivity index is 2.39. The Morgan fingerprint density at radius 3 is 2.88 bits per heavy atom. The van der Waals surface area contributed by atoms with Crippen molar-refractivity contribution >= 4 is 11.3 Å². The third kappa shape index (κ3) is 1.27. The smallest absolute Gasteiger partial charge is 0.236 e. The summed E-state index contributed by atoms with van der Waals surface area (Å²) in [6.45, 7) is 1.52. The summed E-state index contributed by atoms with van der Waals surface area (Å²) in [5.41, 5.74) is 0. The highest BCUT2D eigenvalue weighted by Gasteiger charge is 2.12. The van der Waals surface area contributed by atoms with Gasteiger partial charge in [-0.2, -0.15) is 0 Å². The summed E-state index contributed by atoms with van der Waals surface area (Å²) in [5.74, 6) is 0. The van der Waals surface area contributed by atoms with Gasteiger partial charge in [-0.25, -0.2) is 8.51 Å². The van der Waals surface area contributed by atoms with Crippen LogP contribution >= 0.6 is 0 Å². The monoisotopic (exact) mass is 135 g/mol. The van der Waals surface area contributed by atoms with Gasteiger partial charge < -0.3 is 0 Å². The molecule has 3 nitrogen and oxygen atoms in total. The highest BCUT2D eigenvalue weighted by Crippen LogP contribution is 2.02. The van der Waals surface area contributed by atoms with Crippen LogP contribution in [0.2, 0.25) is 0 Å². The van der Waals surface area contributed by atoms with Crippen LogP contribution in [-0.4, -0.2) is 28.7 Å². The molecule has 1 fully saturated rings. The lowest BCUT2D eigenvalue weighted by molar-refractivity contribution is 0.261. The van der Waals surface area contributed by atoms with E-state index < -0.39 is 11.3 Å². The van der Waals surface area contributed by atoms with Crippen LogP contribution in [-0.2, 0) is 15.4 Å². The molecule has 8 heavy (non-hydrogen) atoms. The summed E-state index contributed by atoms with van der Waals surface area (Å²) < 4.78 is 17.1. The van der Waals surface area contributed by atoms with Gasteiger partial charge in [0.15, 0.2) is 0 Å². The summed E-state index contributed by atoms with van der Waals surface area (Å²) in [4.78, 5) is 0. The van der Waals surface area contributed by atoms with Gasteiger partial charge in [0.1, 0.15) is 0 Å². The average molecular weight is 135 g/mol. The minimum absolute atomic E-state index is 0.636. The molecule has 1 aliphatic heterocycles. The van der Waals surface area contributed by atoms with Gasteiger partial charge >= 0.3 is 0 Å². The van der Waals surface area contributed by atoms with Crippen molar-refractivity contribution in [2.45, 2.75) is 6.42 Å². The SMILES string of the molecule is CN1CCCOS1=O. The molecule has 1 atom stereocenters. The van der Waals surface area contributed by atoms with Crippen LogP contribution in [0.1, 0.15) is 6.42 Å². The van der Waals surface area contributed by atoms with E-state index in [2.05, 4.69) is 0 Å². The van der Waals surface area contributed by atoms with Gasteiger partial charge in [-0.1, -0.05) is 0 Å². The zero-order valence-corrected chi connectivity index (χ0v) is 5.61. The summed E-state index contributed by atoms with van der Waals surface area (Å²) in [6, 6.07) is 0. The molecule has 0 aliphatic carbocycles. The number of nitrogens with zero attached hydrogens (tertiary/aromatic N) is 1. The molecule has 1 heterocycles. The first-order valence-electron chi connectivity index (χ1n) is 2.57. The maximum absolute atomic E-state index is 10.6. The van der Waals surface area contributed by atoms with Crippen molar-refractivity contribution in [3.05, 3.63) is 0 Å². The van der Waals surface area contributed by atoms with Crippen molar-refractivity contribution in [1.82, 2.24) is 4.31 Å². The van der Waals surface area contributed by atoms with Gasteiger partial charge in [-0.3, -0.25) is 4.18 Å². The van der Waals surface area contributed by atoms with Crippen LogP contribution in [0.25, 0.3) is 0 Å². The molecule has 48 valence electrons. The van der Waals surface area contributed by atoms with Crippen molar-refractivity contribution in [3.8, 4) is 0 Å². The van der Waals surface area contributed by atoms with Crippen LogP contribution in [0.3, 0.4) is 0 Å². The molecule has 1 aliphatic rings. The first-order chi connectivity index (χ1) is 3.80. The van der Waals surface area contributed by atoms with E-state index in [1.54, 1.807) is 11.4 Å². The second kappa shape index (κ2) is 2.57. The predicted molar refractivity (Wildman–Crippen MR) is 31.3 cm³/mol. The molecule has 0 aromatic heterocycles. The van der Waals surface area contributed by atoms with Gasteiger partial charge in [0.25, 0.3) is 0 Å². The lowest BCUT2D eigenvalue weighted by Gasteiger charge is -2.19. The topological polar surface area (TPSA) is 29.5 Å². The lowest BCUT2D eigenvalue weighted by atomic mass is 10.5. The molecular formula is C4H9NO2S. The average Bonchev–Trinajstić information content (AvgIpc) is 1.77. The van der Waals surface area contributed by atoms with E-state index in [0.29, 0.717) is 6.61 Å². The van der Waals surface area contributed by atoms with Crippen molar-refractivity contribution in [1.29, 1.82) is 0 Å². The van der Waals surface area contributed by atoms with E-state index in [1.165, 1.54) is 0 Å². The third-order valence-electron chi connectivity index (χ3n) is 1.06. The highest BCUT2D eigenvalue weighted by atomic mass is 32.2. The predicted octanol–water partition coefficient (Wildman–Crippen LogP) is -0.0828. The maximum atomic E-state index is 10.6. The summed E-state index contributed by atoms with van der Waals surface area (Å²) in [6.07, 6.45) is 0.988. The van der Waals surface area contributed by atoms with Crippen LogP contribution in [0.15, 0.2) is 0 Å². The van der Waals surface area contributed by atoms with Crippen LogP contribution < -0.4 is 0 Å². The zero-order valence-electron chi connectivity index (χ0n) is 4.79. The van der Waals surface area contributed by atoms with E-state index in [4.69, 9.17) is 4.18 Å². The normalized spacial score (nSPS) is 32.9. The Labute approximate surface area is 51.4 Å². The number of hydrogen-bond donors (Lipinski definition) is 0. The van der Waals surface area contributed by atoms with Crippen molar-refractivity contribution in [2.75, 3.05) is 20.2 Å². The van der Waals surface area contributed by atoms with Gasteiger partial charge in [-0.05, 0) is 6.42 Å². The largest absolute Gasteiger partial charge is 0.278 e. The first-order valence-corrected chi connectivity index (χ1v) is 3.60.